The van der Waals surface area contributed by atoms with E-state index in [2.05, 4.69) is 5.32 Å². The minimum Gasteiger partial charge on any atom is -0.497 e. The van der Waals surface area contributed by atoms with E-state index in [-0.39, 0.29) is 24.2 Å². The highest BCUT2D eigenvalue weighted by Crippen LogP contribution is 2.26. The summed E-state index contributed by atoms with van der Waals surface area (Å²) in [6.45, 7) is 5.16. The molecule has 0 saturated carbocycles. The summed E-state index contributed by atoms with van der Waals surface area (Å²) < 4.78 is 31.6. The van der Waals surface area contributed by atoms with E-state index < -0.39 is 28.5 Å². The SMILES string of the molecule is CCC(C)NC(=O)C(CC)N(Cc1ccc(Cl)c(Cl)c1)C(=O)CN(c1cccc(OC)c1)S(C)(=O)=O. The van der Waals surface area contributed by atoms with Crippen LogP contribution in [0.3, 0.4) is 0 Å². The molecule has 0 bridgehead atoms. The molecule has 0 heterocycles. The highest BCUT2D eigenvalue weighted by atomic mass is 35.5. The number of methoxy groups -OCH3 is 1. The molecule has 2 rings (SSSR count). The highest BCUT2D eigenvalue weighted by Gasteiger charge is 2.32. The summed E-state index contributed by atoms with van der Waals surface area (Å²) in [6.07, 6.45) is 2.07. The molecular weight excluding hydrogens is 525 g/mol. The number of rotatable bonds is 12. The van der Waals surface area contributed by atoms with Crippen molar-refractivity contribution in [3.05, 3.63) is 58.1 Å². The van der Waals surface area contributed by atoms with Gasteiger partial charge in [-0.15, -0.1) is 0 Å². The van der Waals surface area contributed by atoms with Crippen LogP contribution in [0, 0.1) is 0 Å². The third-order valence-corrected chi connectivity index (χ3v) is 7.62. The molecule has 0 fully saturated rings. The van der Waals surface area contributed by atoms with Crippen LogP contribution >= 0.6 is 23.2 Å². The predicted molar refractivity (Wildman–Crippen MR) is 144 cm³/mol. The Labute approximate surface area is 223 Å². The zero-order valence-electron chi connectivity index (χ0n) is 21.1. The fraction of sp³-hybridized carbons (Fsp3) is 0.440. The third kappa shape index (κ3) is 8.01. The van der Waals surface area contributed by atoms with Gasteiger partial charge in [0.1, 0.15) is 18.3 Å². The van der Waals surface area contributed by atoms with Crippen LogP contribution in [0.1, 0.15) is 39.2 Å². The quantitative estimate of drug-likeness (QED) is 0.414. The first-order valence-corrected chi connectivity index (χ1v) is 14.2. The van der Waals surface area contributed by atoms with Gasteiger partial charge in [-0.3, -0.25) is 13.9 Å². The Hall–Kier alpha value is -2.49. The average molecular weight is 559 g/mol. The fourth-order valence-electron chi connectivity index (χ4n) is 3.57. The lowest BCUT2D eigenvalue weighted by Gasteiger charge is -2.33. The average Bonchev–Trinajstić information content (AvgIpc) is 2.83. The summed E-state index contributed by atoms with van der Waals surface area (Å²) in [7, 11) is -2.37. The van der Waals surface area contributed by atoms with Gasteiger partial charge in [0.2, 0.25) is 21.8 Å². The Balaban J connectivity index is 2.47. The summed E-state index contributed by atoms with van der Waals surface area (Å²) >= 11 is 12.2. The number of anilines is 1. The summed E-state index contributed by atoms with van der Waals surface area (Å²) in [5, 5.41) is 3.60. The van der Waals surface area contributed by atoms with E-state index in [1.54, 1.807) is 43.3 Å². The van der Waals surface area contributed by atoms with Crippen molar-refractivity contribution in [2.24, 2.45) is 0 Å². The zero-order valence-corrected chi connectivity index (χ0v) is 23.5. The smallest absolute Gasteiger partial charge is 0.244 e. The third-order valence-electron chi connectivity index (χ3n) is 5.74. The zero-order chi connectivity index (χ0) is 27.0. The van der Waals surface area contributed by atoms with E-state index in [9.17, 15) is 18.0 Å². The largest absolute Gasteiger partial charge is 0.497 e. The number of nitrogens with one attached hydrogen (secondary N) is 1. The number of halogens is 2. The summed E-state index contributed by atoms with van der Waals surface area (Å²) in [5.74, 6) is -0.409. The van der Waals surface area contributed by atoms with Gasteiger partial charge in [0.15, 0.2) is 0 Å². The van der Waals surface area contributed by atoms with Crippen molar-refractivity contribution in [2.45, 2.75) is 52.2 Å². The van der Waals surface area contributed by atoms with Crippen LogP contribution in [-0.2, 0) is 26.2 Å². The van der Waals surface area contributed by atoms with Crippen molar-refractivity contribution in [2.75, 3.05) is 24.2 Å². The maximum absolute atomic E-state index is 13.7. The van der Waals surface area contributed by atoms with Crippen molar-refractivity contribution in [3.8, 4) is 5.75 Å². The molecule has 36 heavy (non-hydrogen) atoms. The molecule has 8 nitrogen and oxygen atoms in total. The Kier molecular flexibility index (Phi) is 10.9. The number of carbonyl (C=O) groups is 2. The fourth-order valence-corrected chi connectivity index (χ4v) is 4.74. The van der Waals surface area contributed by atoms with Gasteiger partial charge in [0, 0.05) is 18.7 Å². The van der Waals surface area contributed by atoms with Crippen LogP contribution in [0.25, 0.3) is 0 Å². The topological polar surface area (TPSA) is 96.0 Å². The molecule has 0 aromatic heterocycles. The highest BCUT2D eigenvalue weighted by molar-refractivity contribution is 7.92. The van der Waals surface area contributed by atoms with Gasteiger partial charge in [-0.25, -0.2) is 8.42 Å². The molecule has 0 radical (unpaired) electrons. The van der Waals surface area contributed by atoms with E-state index in [4.69, 9.17) is 27.9 Å². The molecule has 198 valence electrons. The van der Waals surface area contributed by atoms with Gasteiger partial charge < -0.3 is 15.0 Å². The number of benzene rings is 2. The standard InChI is InChI=1S/C25H33Cl2N3O5S/c1-6-17(3)28-25(32)23(7-2)29(15-18-11-12-21(26)22(27)13-18)24(31)16-30(36(5,33)34)19-9-8-10-20(14-19)35-4/h8-14,17,23H,6-7,15-16H2,1-5H3,(H,28,32). The molecule has 11 heteroatoms. The van der Waals surface area contributed by atoms with Gasteiger partial charge in [-0.05, 0) is 49.6 Å². The van der Waals surface area contributed by atoms with Gasteiger partial charge in [0.25, 0.3) is 0 Å². The lowest BCUT2D eigenvalue weighted by Crippen LogP contribution is -2.53. The molecule has 0 spiro atoms. The minimum absolute atomic E-state index is 0.0396. The summed E-state index contributed by atoms with van der Waals surface area (Å²) in [5.41, 5.74) is 0.927. The summed E-state index contributed by atoms with van der Waals surface area (Å²) in [6, 6.07) is 10.5. The molecule has 2 unspecified atom stereocenters. The van der Waals surface area contributed by atoms with Gasteiger partial charge >= 0.3 is 0 Å². The first kappa shape index (κ1) is 29.7. The Bertz CT molecular complexity index is 1180. The van der Waals surface area contributed by atoms with Gasteiger partial charge in [0.05, 0.1) is 29.1 Å². The molecule has 2 aromatic rings. The van der Waals surface area contributed by atoms with Gasteiger partial charge in [-0.1, -0.05) is 49.2 Å². The lowest BCUT2D eigenvalue weighted by atomic mass is 10.1. The van der Waals surface area contributed by atoms with Crippen LogP contribution in [0.15, 0.2) is 42.5 Å². The maximum atomic E-state index is 13.7. The number of carbonyl (C=O) groups excluding carboxylic acids is 2. The molecular formula is C25H33Cl2N3O5S. The molecule has 1 N–H and O–H groups in total. The number of ether oxygens (including phenoxy) is 1. The normalized spacial score (nSPS) is 13.0. The Morgan fingerprint density at radius 3 is 2.31 bits per heavy atom. The van der Waals surface area contributed by atoms with E-state index in [0.29, 0.717) is 27.8 Å². The van der Waals surface area contributed by atoms with E-state index >= 15 is 0 Å². The van der Waals surface area contributed by atoms with Crippen LogP contribution in [0.4, 0.5) is 5.69 Å². The second-order valence-electron chi connectivity index (χ2n) is 8.48. The number of nitrogens with zero attached hydrogens (tertiary/aromatic N) is 2. The monoisotopic (exact) mass is 557 g/mol. The van der Waals surface area contributed by atoms with Gasteiger partial charge in [-0.2, -0.15) is 0 Å². The second kappa shape index (κ2) is 13.2. The first-order valence-electron chi connectivity index (χ1n) is 11.6. The lowest BCUT2D eigenvalue weighted by molar-refractivity contribution is -0.140. The maximum Gasteiger partial charge on any atom is 0.244 e. The Morgan fingerprint density at radius 1 is 1.06 bits per heavy atom. The van der Waals surface area contributed by atoms with Crippen molar-refractivity contribution >= 4 is 50.7 Å². The van der Waals surface area contributed by atoms with Crippen molar-refractivity contribution in [1.82, 2.24) is 10.2 Å². The second-order valence-corrected chi connectivity index (χ2v) is 11.2. The van der Waals surface area contributed by atoms with Crippen molar-refractivity contribution in [3.63, 3.8) is 0 Å². The van der Waals surface area contributed by atoms with E-state index in [1.807, 2.05) is 13.8 Å². The number of hydrogen-bond acceptors (Lipinski definition) is 5. The van der Waals surface area contributed by atoms with Crippen LogP contribution in [0.2, 0.25) is 10.0 Å². The molecule has 0 aliphatic rings. The molecule has 0 aliphatic heterocycles. The predicted octanol–water partition coefficient (Wildman–Crippen LogP) is 4.49. The van der Waals surface area contributed by atoms with Crippen molar-refractivity contribution < 1.29 is 22.7 Å². The molecule has 2 atom stereocenters. The van der Waals surface area contributed by atoms with Crippen molar-refractivity contribution in [1.29, 1.82) is 0 Å². The number of hydrogen-bond donors (Lipinski definition) is 1. The number of amides is 2. The first-order chi connectivity index (χ1) is 16.9. The minimum atomic E-state index is -3.84. The number of sulfonamides is 1. The van der Waals surface area contributed by atoms with E-state index in [1.165, 1.54) is 18.1 Å². The van der Waals surface area contributed by atoms with Crippen LogP contribution < -0.4 is 14.4 Å². The Morgan fingerprint density at radius 2 is 1.75 bits per heavy atom. The molecule has 0 saturated heterocycles. The summed E-state index contributed by atoms with van der Waals surface area (Å²) in [4.78, 5) is 28.2. The molecule has 2 aromatic carbocycles. The molecule has 0 aliphatic carbocycles. The van der Waals surface area contributed by atoms with Crippen LogP contribution in [-0.4, -0.2) is 57.1 Å². The van der Waals surface area contributed by atoms with Crippen LogP contribution in [0.5, 0.6) is 5.75 Å². The molecule has 2 amide bonds. The van der Waals surface area contributed by atoms with E-state index in [0.717, 1.165) is 17.0 Å².